The minimum Gasteiger partial charge on any atom is -0.352 e. The van der Waals surface area contributed by atoms with E-state index in [1.807, 2.05) is 6.92 Å². The second-order valence-electron chi connectivity index (χ2n) is 4.09. The number of hydrogen-bond donors (Lipinski definition) is 2. The van der Waals surface area contributed by atoms with Crippen molar-refractivity contribution in [2.45, 2.75) is 37.1 Å². The fourth-order valence-corrected chi connectivity index (χ4v) is 2.32. The molecule has 0 bridgehead atoms. The van der Waals surface area contributed by atoms with Crippen molar-refractivity contribution in [1.82, 2.24) is 15.3 Å². The zero-order valence-electron chi connectivity index (χ0n) is 11.2. The van der Waals surface area contributed by atoms with Gasteiger partial charge >= 0.3 is 0 Å². The van der Waals surface area contributed by atoms with Crippen molar-refractivity contribution in [1.29, 1.82) is 0 Å². The first kappa shape index (κ1) is 15.5. The van der Waals surface area contributed by atoms with Crippen LogP contribution in [0, 0.1) is 0 Å². The summed E-state index contributed by atoms with van der Waals surface area (Å²) >= 11 is 1.24. The molecule has 0 spiro atoms. The molecule has 0 saturated carbocycles. The van der Waals surface area contributed by atoms with E-state index >= 15 is 0 Å². The lowest BCUT2D eigenvalue weighted by Gasteiger charge is -2.10. The average Bonchev–Trinajstić information content (AvgIpc) is 2.35. The normalized spacial score (nSPS) is 11.9. The van der Waals surface area contributed by atoms with E-state index in [4.69, 9.17) is 0 Å². The number of aryl methyl sites for hydroxylation is 1. The molecule has 1 amide bonds. The van der Waals surface area contributed by atoms with Gasteiger partial charge < -0.3 is 10.3 Å². The lowest BCUT2D eigenvalue weighted by molar-refractivity contribution is -0.120. The van der Waals surface area contributed by atoms with Crippen LogP contribution in [0.3, 0.4) is 0 Å². The Labute approximate surface area is 116 Å². The summed E-state index contributed by atoms with van der Waals surface area (Å²) in [5.74, 6) is -0.103. The Morgan fingerprint density at radius 1 is 1.68 bits per heavy atom. The van der Waals surface area contributed by atoms with E-state index in [0.29, 0.717) is 11.7 Å². The molecule has 1 atom stereocenters. The third-order valence-corrected chi connectivity index (χ3v) is 3.34. The molecule has 0 aliphatic heterocycles. The van der Waals surface area contributed by atoms with Gasteiger partial charge in [0.15, 0.2) is 5.16 Å². The Kier molecular flexibility index (Phi) is 6.35. The lowest BCUT2D eigenvalue weighted by Crippen LogP contribution is -2.31. The van der Waals surface area contributed by atoms with Gasteiger partial charge in [0.05, 0.1) is 5.25 Å². The number of nitrogens with one attached hydrogen (secondary N) is 2. The number of rotatable bonds is 7. The highest BCUT2D eigenvalue weighted by Crippen LogP contribution is 2.18. The summed E-state index contributed by atoms with van der Waals surface area (Å²) in [6.07, 6.45) is 3.31. The Hall–Kier alpha value is -1.56. The van der Waals surface area contributed by atoms with Gasteiger partial charge in [-0.3, -0.25) is 9.59 Å². The first-order valence-electron chi connectivity index (χ1n) is 6.22. The van der Waals surface area contributed by atoms with Gasteiger partial charge in [-0.15, -0.1) is 6.58 Å². The first-order chi connectivity index (χ1) is 9.06. The second-order valence-corrected chi connectivity index (χ2v) is 5.42. The van der Waals surface area contributed by atoms with E-state index in [1.165, 1.54) is 17.8 Å². The fourth-order valence-electron chi connectivity index (χ4n) is 1.46. The SMILES string of the molecule is C=CCNC(=O)C(C)Sc1nc(CCC)cc(=O)[nH]1. The summed E-state index contributed by atoms with van der Waals surface area (Å²) in [7, 11) is 0. The Morgan fingerprint density at radius 2 is 2.42 bits per heavy atom. The van der Waals surface area contributed by atoms with E-state index in [1.54, 1.807) is 13.0 Å². The zero-order chi connectivity index (χ0) is 14.3. The summed E-state index contributed by atoms with van der Waals surface area (Å²) in [4.78, 5) is 30.2. The van der Waals surface area contributed by atoms with Gasteiger partial charge in [-0.25, -0.2) is 4.98 Å². The molecule has 5 nitrogen and oxygen atoms in total. The molecule has 2 N–H and O–H groups in total. The van der Waals surface area contributed by atoms with Crippen LogP contribution in [0.4, 0.5) is 0 Å². The summed E-state index contributed by atoms with van der Waals surface area (Å²) in [5.41, 5.74) is 0.576. The molecule has 19 heavy (non-hydrogen) atoms. The Bertz CT molecular complexity index is 499. The molecule has 1 unspecified atom stereocenters. The summed E-state index contributed by atoms with van der Waals surface area (Å²) in [5, 5.41) is 2.87. The van der Waals surface area contributed by atoms with Gasteiger partial charge in [0, 0.05) is 18.3 Å². The van der Waals surface area contributed by atoms with Crippen LogP contribution in [0.2, 0.25) is 0 Å². The Morgan fingerprint density at radius 3 is 3.05 bits per heavy atom. The molecule has 1 heterocycles. The van der Waals surface area contributed by atoms with Crippen LogP contribution in [0.5, 0.6) is 0 Å². The molecule has 0 radical (unpaired) electrons. The van der Waals surface area contributed by atoms with Gasteiger partial charge in [0.1, 0.15) is 0 Å². The van der Waals surface area contributed by atoms with Gasteiger partial charge in [-0.05, 0) is 13.3 Å². The number of aromatic nitrogens is 2. The quantitative estimate of drug-likeness (QED) is 0.451. The molecule has 0 aliphatic rings. The predicted molar refractivity (Wildman–Crippen MR) is 77.4 cm³/mol. The maximum Gasteiger partial charge on any atom is 0.251 e. The molecule has 0 aromatic carbocycles. The van der Waals surface area contributed by atoms with E-state index < -0.39 is 0 Å². The topological polar surface area (TPSA) is 74.8 Å². The van der Waals surface area contributed by atoms with Crippen molar-refractivity contribution >= 4 is 17.7 Å². The van der Waals surface area contributed by atoms with Crippen molar-refractivity contribution < 1.29 is 4.79 Å². The third kappa shape index (κ3) is 5.30. The highest BCUT2D eigenvalue weighted by molar-refractivity contribution is 8.00. The number of amides is 1. The van der Waals surface area contributed by atoms with Gasteiger partial charge in [0.25, 0.3) is 5.56 Å². The molecule has 1 rings (SSSR count). The highest BCUT2D eigenvalue weighted by atomic mass is 32.2. The largest absolute Gasteiger partial charge is 0.352 e. The summed E-state index contributed by atoms with van der Waals surface area (Å²) in [6.45, 7) is 7.77. The van der Waals surface area contributed by atoms with Crippen LogP contribution in [0.1, 0.15) is 26.0 Å². The Balaban J connectivity index is 2.72. The molecule has 0 aliphatic carbocycles. The lowest BCUT2D eigenvalue weighted by atomic mass is 10.2. The van der Waals surface area contributed by atoms with Crippen LogP contribution in [-0.4, -0.2) is 27.7 Å². The standard InChI is InChI=1S/C13H19N3O2S/c1-4-6-10-8-11(17)16-13(15-10)19-9(3)12(18)14-7-5-2/h5,8-9H,2,4,6-7H2,1,3H3,(H,14,18)(H,15,16,17). The number of carbonyl (C=O) groups excluding carboxylic acids is 1. The van der Waals surface area contributed by atoms with Crippen LogP contribution in [0.25, 0.3) is 0 Å². The maximum atomic E-state index is 11.7. The number of nitrogens with zero attached hydrogens (tertiary/aromatic N) is 1. The maximum absolute atomic E-state index is 11.7. The van der Waals surface area contributed by atoms with E-state index in [2.05, 4.69) is 21.9 Å². The van der Waals surface area contributed by atoms with Crippen LogP contribution < -0.4 is 10.9 Å². The monoisotopic (exact) mass is 281 g/mol. The molecule has 1 aromatic rings. The van der Waals surface area contributed by atoms with E-state index in [9.17, 15) is 9.59 Å². The highest BCUT2D eigenvalue weighted by Gasteiger charge is 2.15. The fraction of sp³-hybridized carbons (Fsp3) is 0.462. The minimum atomic E-state index is -0.319. The zero-order valence-corrected chi connectivity index (χ0v) is 12.0. The molecular formula is C13H19N3O2S. The number of aromatic amines is 1. The minimum absolute atomic E-state index is 0.103. The first-order valence-corrected chi connectivity index (χ1v) is 7.10. The summed E-state index contributed by atoms with van der Waals surface area (Å²) in [6, 6.07) is 1.50. The smallest absolute Gasteiger partial charge is 0.251 e. The van der Waals surface area contributed by atoms with Gasteiger partial charge in [0.2, 0.25) is 5.91 Å². The molecule has 0 fully saturated rings. The van der Waals surface area contributed by atoms with E-state index in [0.717, 1.165) is 18.5 Å². The van der Waals surface area contributed by atoms with Crippen molar-refractivity contribution in [3.63, 3.8) is 0 Å². The van der Waals surface area contributed by atoms with Crippen LogP contribution in [-0.2, 0) is 11.2 Å². The van der Waals surface area contributed by atoms with Crippen LogP contribution in [0.15, 0.2) is 28.7 Å². The second kappa shape index (κ2) is 7.78. The van der Waals surface area contributed by atoms with Gasteiger partial charge in [-0.1, -0.05) is 31.2 Å². The van der Waals surface area contributed by atoms with Crippen molar-refractivity contribution in [3.05, 3.63) is 34.8 Å². The van der Waals surface area contributed by atoms with Crippen molar-refractivity contribution in [3.8, 4) is 0 Å². The molecule has 6 heteroatoms. The van der Waals surface area contributed by atoms with Crippen molar-refractivity contribution in [2.75, 3.05) is 6.54 Å². The predicted octanol–water partition coefficient (Wildman–Crippen LogP) is 1.51. The molecule has 0 saturated heterocycles. The molecule has 104 valence electrons. The summed E-state index contributed by atoms with van der Waals surface area (Å²) < 4.78 is 0. The van der Waals surface area contributed by atoms with E-state index in [-0.39, 0.29) is 16.7 Å². The number of thioether (sulfide) groups is 1. The average molecular weight is 281 g/mol. The number of carbonyl (C=O) groups is 1. The van der Waals surface area contributed by atoms with Crippen LogP contribution >= 0.6 is 11.8 Å². The van der Waals surface area contributed by atoms with Gasteiger partial charge in [-0.2, -0.15) is 0 Å². The third-order valence-electron chi connectivity index (χ3n) is 2.36. The van der Waals surface area contributed by atoms with Crippen molar-refractivity contribution in [2.24, 2.45) is 0 Å². The number of H-pyrrole nitrogens is 1. The molecule has 1 aromatic heterocycles. The molecular weight excluding hydrogens is 262 g/mol. The number of hydrogen-bond acceptors (Lipinski definition) is 4.